The van der Waals surface area contributed by atoms with E-state index in [1.807, 2.05) is 23.1 Å². The molecule has 0 aliphatic heterocycles. The lowest BCUT2D eigenvalue weighted by atomic mass is 10.1. The van der Waals surface area contributed by atoms with Gasteiger partial charge in [-0.15, -0.1) is 0 Å². The number of nitrogens with zero attached hydrogens (tertiary/aromatic N) is 1. The van der Waals surface area contributed by atoms with Gasteiger partial charge in [0, 0.05) is 19.6 Å². The molecule has 1 aromatic rings. The maximum atomic E-state index is 12.3. The van der Waals surface area contributed by atoms with Crippen LogP contribution >= 0.6 is 0 Å². The second-order valence-electron chi connectivity index (χ2n) is 6.06. The number of hydrogen-bond donors (Lipinski definition) is 1. The van der Waals surface area contributed by atoms with Crippen LogP contribution in [0.2, 0.25) is 0 Å². The predicted molar refractivity (Wildman–Crippen MR) is 91.2 cm³/mol. The first kappa shape index (κ1) is 17.4. The summed E-state index contributed by atoms with van der Waals surface area (Å²) < 4.78 is 10.5. The van der Waals surface area contributed by atoms with Crippen molar-refractivity contribution in [2.24, 2.45) is 5.92 Å². The number of hydrogen-bond acceptors (Lipinski definition) is 3. The van der Waals surface area contributed by atoms with Crippen molar-refractivity contribution < 1.29 is 14.3 Å². The molecule has 128 valence electrons. The summed E-state index contributed by atoms with van der Waals surface area (Å²) in [6.07, 6.45) is 4.30. The SMILES string of the molecule is CCCN(CC1CC1)C(=O)NCCc1ccc(OC)c(OC)c1. The number of nitrogens with one attached hydrogen (secondary N) is 1. The Morgan fingerprint density at radius 3 is 2.61 bits per heavy atom. The molecule has 23 heavy (non-hydrogen) atoms. The zero-order valence-corrected chi connectivity index (χ0v) is 14.4. The van der Waals surface area contributed by atoms with Crippen LogP contribution in [0.4, 0.5) is 4.79 Å². The number of carbonyl (C=O) groups is 1. The molecule has 0 heterocycles. The van der Waals surface area contributed by atoms with E-state index in [4.69, 9.17) is 9.47 Å². The van der Waals surface area contributed by atoms with E-state index in [2.05, 4.69) is 12.2 Å². The Morgan fingerprint density at radius 1 is 1.26 bits per heavy atom. The van der Waals surface area contributed by atoms with E-state index in [-0.39, 0.29) is 6.03 Å². The van der Waals surface area contributed by atoms with Crippen molar-refractivity contribution in [1.82, 2.24) is 10.2 Å². The van der Waals surface area contributed by atoms with Crippen molar-refractivity contribution in [1.29, 1.82) is 0 Å². The monoisotopic (exact) mass is 320 g/mol. The standard InChI is InChI=1S/C18H28N2O3/c1-4-11-20(13-15-5-6-15)18(21)19-10-9-14-7-8-16(22-2)17(12-14)23-3/h7-8,12,15H,4-6,9-11,13H2,1-3H3,(H,19,21). The van der Waals surface area contributed by atoms with Gasteiger partial charge in [0.05, 0.1) is 14.2 Å². The van der Waals surface area contributed by atoms with E-state index in [1.165, 1.54) is 12.8 Å². The first-order chi connectivity index (χ1) is 11.2. The van der Waals surface area contributed by atoms with E-state index in [0.717, 1.165) is 48.9 Å². The van der Waals surface area contributed by atoms with Gasteiger partial charge >= 0.3 is 6.03 Å². The highest BCUT2D eigenvalue weighted by atomic mass is 16.5. The largest absolute Gasteiger partial charge is 0.493 e. The van der Waals surface area contributed by atoms with E-state index in [1.54, 1.807) is 14.2 Å². The first-order valence-corrected chi connectivity index (χ1v) is 8.41. The third-order valence-corrected chi connectivity index (χ3v) is 4.09. The van der Waals surface area contributed by atoms with Crippen LogP contribution in [0.1, 0.15) is 31.7 Å². The smallest absolute Gasteiger partial charge is 0.317 e. The molecular weight excluding hydrogens is 292 g/mol. The lowest BCUT2D eigenvalue weighted by molar-refractivity contribution is 0.195. The molecule has 0 saturated heterocycles. The van der Waals surface area contributed by atoms with Crippen LogP contribution in [-0.4, -0.2) is 44.8 Å². The Hall–Kier alpha value is -1.91. The van der Waals surface area contributed by atoms with E-state index in [0.29, 0.717) is 6.54 Å². The highest BCUT2D eigenvalue weighted by molar-refractivity contribution is 5.74. The van der Waals surface area contributed by atoms with Crippen molar-refractivity contribution in [2.75, 3.05) is 33.9 Å². The van der Waals surface area contributed by atoms with Gasteiger partial charge in [-0.1, -0.05) is 13.0 Å². The maximum absolute atomic E-state index is 12.3. The lowest BCUT2D eigenvalue weighted by Crippen LogP contribution is -2.42. The summed E-state index contributed by atoms with van der Waals surface area (Å²) in [5.74, 6) is 2.16. The third kappa shape index (κ3) is 5.34. The molecule has 5 heteroatoms. The Labute approximate surface area is 139 Å². The average molecular weight is 320 g/mol. The van der Waals surface area contributed by atoms with Crippen molar-refractivity contribution >= 4 is 6.03 Å². The molecule has 0 unspecified atom stereocenters. The second kappa shape index (κ2) is 8.65. The van der Waals surface area contributed by atoms with Crippen molar-refractivity contribution in [3.63, 3.8) is 0 Å². The summed E-state index contributed by atoms with van der Waals surface area (Å²) in [7, 11) is 3.25. The van der Waals surface area contributed by atoms with Gasteiger partial charge in [0.2, 0.25) is 0 Å². The van der Waals surface area contributed by atoms with E-state index >= 15 is 0 Å². The molecular formula is C18H28N2O3. The third-order valence-electron chi connectivity index (χ3n) is 4.09. The molecule has 1 N–H and O–H groups in total. The van der Waals surface area contributed by atoms with Crippen LogP contribution in [0, 0.1) is 5.92 Å². The molecule has 0 atom stereocenters. The summed E-state index contributed by atoms with van der Waals surface area (Å²) in [4.78, 5) is 14.2. The van der Waals surface area contributed by atoms with Crippen LogP contribution in [0.15, 0.2) is 18.2 Å². The average Bonchev–Trinajstić information content (AvgIpc) is 3.38. The van der Waals surface area contributed by atoms with Crippen LogP contribution in [0.3, 0.4) is 0 Å². The minimum atomic E-state index is 0.0548. The molecule has 1 aliphatic carbocycles. The molecule has 2 rings (SSSR count). The normalized spacial score (nSPS) is 13.5. The minimum Gasteiger partial charge on any atom is -0.493 e. The summed E-state index contributed by atoms with van der Waals surface area (Å²) in [5, 5.41) is 3.03. The minimum absolute atomic E-state index is 0.0548. The number of carbonyl (C=O) groups excluding carboxylic acids is 1. The fourth-order valence-electron chi connectivity index (χ4n) is 2.62. The molecule has 0 radical (unpaired) electrons. The quantitative estimate of drug-likeness (QED) is 0.761. The van der Waals surface area contributed by atoms with Gasteiger partial charge in [0.1, 0.15) is 0 Å². The molecule has 0 aromatic heterocycles. The number of ether oxygens (including phenoxy) is 2. The van der Waals surface area contributed by atoms with Gasteiger partial charge in [0.15, 0.2) is 11.5 Å². The zero-order chi connectivity index (χ0) is 16.7. The van der Waals surface area contributed by atoms with Crippen LogP contribution in [0.5, 0.6) is 11.5 Å². The van der Waals surface area contributed by atoms with Crippen molar-refractivity contribution in [3.8, 4) is 11.5 Å². The maximum Gasteiger partial charge on any atom is 0.317 e. The zero-order valence-electron chi connectivity index (χ0n) is 14.4. The van der Waals surface area contributed by atoms with Crippen LogP contribution < -0.4 is 14.8 Å². The predicted octanol–water partition coefficient (Wildman–Crippen LogP) is 3.08. The molecule has 2 amide bonds. The van der Waals surface area contributed by atoms with Gasteiger partial charge in [-0.25, -0.2) is 4.79 Å². The summed E-state index contributed by atoms with van der Waals surface area (Å²) in [6, 6.07) is 5.91. The van der Waals surface area contributed by atoms with E-state index in [9.17, 15) is 4.79 Å². The topological polar surface area (TPSA) is 50.8 Å². The summed E-state index contributed by atoms with van der Waals surface area (Å²) in [6.45, 7) is 4.46. The van der Waals surface area contributed by atoms with Crippen LogP contribution in [-0.2, 0) is 6.42 Å². The highest BCUT2D eigenvalue weighted by Crippen LogP contribution is 2.30. The summed E-state index contributed by atoms with van der Waals surface area (Å²) >= 11 is 0. The number of rotatable bonds is 9. The first-order valence-electron chi connectivity index (χ1n) is 8.41. The van der Waals surface area contributed by atoms with Gasteiger partial charge in [-0.2, -0.15) is 0 Å². The molecule has 1 fully saturated rings. The second-order valence-corrected chi connectivity index (χ2v) is 6.06. The van der Waals surface area contributed by atoms with Gasteiger partial charge in [0.25, 0.3) is 0 Å². The van der Waals surface area contributed by atoms with Crippen molar-refractivity contribution in [3.05, 3.63) is 23.8 Å². The van der Waals surface area contributed by atoms with Crippen molar-refractivity contribution in [2.45, 2.75) is 32.6 Å². The molecule has 1 saturated carbocycles. The van der Waals surface area contributed by atoms with E-state index < -0.39 is 0 Å². The summed E-state index contributed by atoms with van der Waals surface area (Å²) in [5.41, 5.74) is 1.12. The Morgan fingerprint density at radius 2 is 2.00 bits per heavy atom. The Balaban J connectivity index is 1.81. The van der Waals surface area contributed by atoms with Gasteiger partial charge in [-0.3, -0.25) is 0 Å². The number of benzene rings is 1. The fourth-order valence-corrected chi connectivity index (χ4v) is 2.62. The van der Waals surface area contributed by atoms with Gasteiger partial charge < -0.3 is 19.7 Å². The number of urea groups is 1. The molecule has 1 aromatic carbocycles. The number of amides is 2. The Kier molecular flexibility index (Phi) is 6.56. The van der Waals surface area contributed by atoms with Gasteiger partial charge in [-0.05, 0) is 49.3 Å². The lowest BCUT2D eigenvalue weighted by Gasteiger charge is -2.22. The Bertz CT molecular complexity index is 515. The highest BCUT2D eigenvalue weighted by Gasteiger charge is 2.26. The number of methoxy groups -OCH3 is 2. The fraction of sp³-hybridized carbons (Fsp3) is 0.611. The molecule has 0 spiro atoms. The van der Waals surface area contributed by atoms with Crippen LogP contribution in [0.25, 0.3) is 0 Å². The molecule has 5 nitrogen and oxygen atoms in total. The molecule has 0 bridgehead atoms. The molecule has 1 aliphatic rings.